The molecule has 0 saturated carbocycles. The van der Waals surface area contributed by atoms with Gasteiger partial charge >= 0.3 is 0 Å². The van der Waals surface area contributed by atoms with Crippen molar-refractivity contribution in [1.29, 1.82) is 0 Å². The zero-order chi connectivity index (χ0) is 16.7. The molecule has 4 rings (SSSR count). The van der Waals surface area contributed by atoms with Gasteiger partial charge in [-0.3, -0.25) is 9.36 Å². The second-order valence-electron chi connectivity index (χ2n) is 5.08. The second kappa shape index (κ2) is 5.57. The lowest BCUT2D eigenvalue weighted by molar-refractivity contribution is 0.415. The molecule has 8 nitrogen and oxygen atoms in total. The van der Waals surface area contributed by atoms with Crippen LogP contribution in [0.2, 0.25) is 5.15 Å². The van der Waals surface area contributed by atoms with E-state index in [-0.39, 0.29) is 12.1 Å². The van der Waals surface area contributed by atoms with E-state index in [0.717, 1.165) is 0 Å². The fraction of sp³-hybridized carbons (Fsp3) is 0.133. The Balaban J connectivity index is 1.90. The van der Waals surface area contributed by atoms with Crippen molar-refractivity contribution >= 4 is 28.3 Å². The quantitative estimate of drug-likeness (QED) is 0.561. The summed E-state index contributed by atoms with van der Waals surface area (Å²) in [7, 11) is 1.57. The van der Waals surface area contributed by atoms with Crippen LogP contribution in [0, 0.1) is 0 Å². The molecule has 0 N–H and O–H groups in total. The Bertz CT molecular complexity index is 1120. The van der Waals surface area contributed by atoms with E-state index in [1.807, 2.05) is 0 Å². The lowest BCUT2D eigenvalue weighted by Gasteiger charge is -2.09. The molecule has 0 amide bonds. The molecule has 120 valence electrons. The normalized spacial score (nSPS) is 11.2. The molecule has 0 unspecified atom stereocenters. The maximum Gasteiger partial charge on any atom is 0.269 e. The van der Waals surface area contributed by atoms with Crippen LogP contribution in [0.15, 0.2) is 41.3 Å². The predicted molar refractivity (Wildman–Crippen MR) is 87.4 cm³/mol. The molecule has 0 spiro atoms. The number of benzene rings is 1. The average molecular weight is 343 g/mol. The van der Waals surface area contributed by atoms with Gasteiger partial charge in [0.1, 0.15) is 10.9 Å². The summed E-state index contributed by atoms with van der Waals surface area (Å²) in [5.41, 5.74) is 1.61. The lowest BCUT2D eigenvalue weighted by atomic mass is 10.2. The molecule has 3 aromatic heterocycles. The monoisotopic (exact) mass is 342 g/mol. The number of hydrogen-bond acceptors (Lipinski definition) is 6. The second-order valence-corrected chi connectivity index (χ2v) is 5.47. The topological polar surface area (TPSA) is 87.2 Å². The summed E-state index contributed by atoms with van der Waals surface area (Å²) >= 11 is 5.93. The van der Waals surface area contributed by atoms with Gasteiger partial charge in [-0.05, 0) is 24.3 Å². The van der Waals surface area contributed by atoms with Crippen LogP contribution in [0.1, 0.15) is 5.82 Å². The van der Waals surface area contributed by atoms with Crippen molar-refractivity contribution in [3.8, 4) is 5.75 Å². The summed E-state index contributed by atoms with van der Waals surface area (Å²) < 4.78 is 8.29. The van der Waals surface area contributed by atoms with E-state index in [1.165, 1.54) is 10.7 Å². The highest BCUT2D eigenvalue weighted by Crippen LogP contribution is 2.18. The number of aromatic nitrogens is 6. The molecule has 0 aliphatic rings. The molecule has 9 heteroatoms. The minimum Gasteiger partial charge on any atom is -0.497 e. The molecule has 0 radical (unpaired) electrons. The number of nitrogens with zero attached hydrogens (tertiary/aromatic N) is 6. The van der Waals surface area contributed by atoms with Gasteiger partial charge < -0.3 is 4.74 Å². The molecule has 0 aliphatic carbocycles. The Morgan fingerprint density at radius 1 is 1.21 bits per heavy atom. The first kappa shape index (κ1) is 14.6. The van der Waals surface area contributed by atoms with Gasteiger partial charge in [0, 0.05) is 6.07 Å². The fourth-order valence-electron chi connectivity index (χ4n) is 2.48. The fourth-order valence-corrected chi connectivity index (χ4v) is 2.62. The minimum atomic E-state index is -0.255. The molecule has 0 saturated heterocycles. The molecule has 24 heavy (non-hydrogen) atoms. The smallest absolute Gasteiger partial charge is 0.269 e. The maximum atomic E-state index is 12.3. The summed E-state index contributed by atoms with van der Waals surface area (Å²) in [4.78, 5) is 16.5. The van der Waals surface area contributed by atoms with Crippen LogP contribution in [0.25, 0.3) is 16.7 Å². The highest BCUT2D eigenvalue weighted by Gasteiger charge is 2.12. The van der Waals surface area contributed by atoms with Gasteiger partial charge in [0.15, 0.2) is 11.5 Å². The Hall–Kier alpha value is -3.00. The van der Waals surface area contributed by atoms with Gasteiger partial charge in [0.05, 0.1) is 30.9 Å². The van der Waals surface area contributed by atoms with E-state index in [0.29, 0.717) is 33.4 Å². The third-order valence-corrected chi connectivity index (χ3v) is 3.85. The highest BCUT2D eigenvalue weighted by molar-refractivity contribution is 6.29. The van der Waals surface area contributed by atoms with E-state index in [2.05, 4.69) is 20.3 Å². The van der Waals surface area contributed by atoms with Crippen LogP contribution < -0.4 is 10.3 Å². The van der Waals surface area contributed by atoms with Gasteiger partial charge in [-0.15, -0.1) is 10.2 Å². The summed E-state index contributed by atoms with van der Waals surface area (Å²) in [6, 6.07) is 8.68. The molecule has 0 fully saturated rings. The summed E-state index contributed by atoms with van der Waals surface area (Å²) in [6.45, 7) is 0.180. The largest absolute Gasteiger partial charge is 0.497 e. The molecule has 0 aliphatic heterocycles. The van der Waals surface area contributed by atoms with Crippen LogP contribution in [0.3, 0.4) is 0 Å². The molecule has 3 heterocycles. The van der Waals surface area contributed by atoms with Crippen LogP contribution >= 0.6 is 11.6 Å². The van der Waals surface area contributed by atoms with Crippen molar-refractivity contribution in [3.63, 3.8) is 0 Å². The number of methoxy groups -OCH3 is 1. The third-order valence-electron chi connectivity index (χ3n) is 3.65. The van der Waals surface area contributed by atoms with Crippen LogP contribution in [-0.2, 0) is 6.54 Å². The Morgan fingerprint density at radius 3 is 2.92 bits per heavy atom. The first-order chi connectivity index (χ1) is 11.7. The summed E-state index contributed by atoms with van der Waals surface area (Å²) in [6.07, 6.45) is 1.28. The summed E-state index contributed by atoms with van der Waals surface area (Å²) in [5, 5.41) is 12.6. The molecule has 0 atom stereocenters. The lowest BCUT2D eigenvalue weighted by Crippen LogP contribution is -2.22. The number of rotatable bonds is 3. The van der Waals surface area contributed by atoms with E-state index < -0.39 is 0 Å². The molecule has 0 bridgehead atoms. The van der Waals surface area contributed by atoms with Crippen LogP contribution in [-0.4, -0.2) is 36.5 Å². The molecule has 1 aromatic carbocycles. The third kappa shape index (κ3) is 2.37. The highest BCUT2D eigenvalue weighted by atomic mass is 35.5. The molecular weight excluding hydrogens is 332 g/mol. The van der Waals surface area contributed by atoms with Crippen LogP contribution in [0.4, 0.5) is 0 Å². The Morgan fingerprint density at radius 2 is 2.08 bits per heavy atom. The van der Waals surface area contributed by atoms with Gasteiger partial charge in [-0.1, -0.05) is 11.6 Å². The average Bonchev–Trinajstić information content (AvgIpc) is 2.99. The number of hydrogen-bond donors (Lipinski definition) is 0. The van der Waals surface area contributed by atoms with Crippen molar-refractivity contribution in [2.45, 2.75) is 6.54 Å². The SMILES string of the molecule is COc1ccc2ncc(=O)n(Cc3nnc4ccc(Cl)nn34)c2c1. The summed E-state index contributed by atoms with van der Waals surface area (Å²) in [5.74, 6) is 1.13. The van der Waals surface area contributed by atoms with Gasteiger partial charge in [0.25, 0.3) is 5.56 Å². The first-order valence-electron chi connectivity index (χ1n) is 7.06. The first-order valence-corrected chi connectivity index (χ1v) is 7.44. The van der Waals surface area contributed by atoms with E-state index in [1.54, 1.807) is 42.0 Å². The maximum absolute atomic E-state index is 12.3. The number of ether oxygens (including phenoxy) is 1. The van der Waals surface area contributed by atoms with Gasteiger partial charge in [-0.25, -0.2) is 4.98 Å². The van der Waals surface area contributed by atoms with Crippen molar-refractivity contribution in [2.24, 2.45) is 0 Å². The van der Waals surface area contributed by atoms with Crippen LogP contribution in [0.5, 0.6) is 5.75 Å². The Labute approximate surface area is 140 Å². The van der Waals surface area contributed by atoms with Crippen molar-refractivity contribution in [1.82, 2.24) is 29.4 Å². The predicted octanol–water partition coefficient (Wildman–Crippen LogP) is 1.54. The van der Waals surface area contributed by atoms with Gasteiger partial charge in [0.2, 0.25) is 0 Å². The van der Waals surface area contributed by atoms with E-state index in [9.17, 15) is 4.79 Å². The van der Waals surface area contributed by atoms with Crippen molar-refractivity contribution < 1.29 is 4.74 Å². The number of halogens is 1. The zero-order valence-corrected chi connectivity index (χ0v) is 13.3. The molecular formula is C15H11ClN6O2. The van der Waals surface area contributed by atoms with Crippen molar-refractivity contribution in [2.75, 3.05) is 7.11 Å². The molecule has 4 aromatic rings. The van der Waals surface area contributed by atoms with E-state index >= 15 is 0 Å². The minimum absolute atomic E-state index is 0.180. The zero-order valence-electron chi connectivity index (χ0n) is 12.5. The standard InChI is InChI=1S/C15H11ClN6O2/c1-24-9-2-3-10-11(6-9)21(15(23)7-17-10)8-14-19-18-13-5-4-12(16)20-22(13)14/h2-7H,8H2,1H3. The van der Waals surface area contributed by atoms with Crippen molar-refractivity contribution in [3.05, 3.63) is 57.9 Å². The number of fused-ring (bicyclic) bond motifs is 2. The van der Waals surface area contributed by atoms with Gasteiger partial charge in [-0.2, -0.15) is 9.61 Å². The van der Waals surface area contributed by atoms with E-state index in [4.69, 9.17) is 16.3 Å². The Kier molecular flexibility index (Phi) is 3.39.